The molecule has 0 fully saturated rings. The smallest absolute Gasteiger partial charge is 0.135 e. The molecule has 1 aromatic heterocycles. The number of nitrogen functional groups attached to an aromatic ring is 1. The first-order chi connectivity index (χ1) is 6.15. The van der Waals surface area contributed by atoms with Crippen molar-refractivity contribution in [1.82, 2.24) is 9.78 Å². The average molecular weight is 199 g/mol. The Morgan fingerprint density at radius 1 is 1.62 bits per heavy atom. The number of anilines is 1. The number of aryl methyl sites for hydroxylation is 1. The Balaban J connectivity index is 2.62. The van der Waals surface area contributed by atoms with E-state index < -0.39 is 0 Å². The van der Waals surface area contributed by atoms with Gasteiger partial charge >= 0.3 is 0 Å². The van der Waals surface area contributed by atoms with Gasteiger partial charge in [-0.3, -0.25) is 0 Å². The topological polar surface area (TPSA) is 43.8 Å². The SMILES string of the molecule is CSc1cnn(CCC(C)C)c1N. The number of hydrogen-bond donors (Lipinski definition) is 1. The van der Waals surface area contributed by atoms with E-state index in [0.717, 1.165) is 23.7 Å². The lowest BCUT2D eigenvalue weighted by molar-refractivity contribution is 0.491. The van der Waals surface area contributed by atoms with Crippen LogP contribution >= 0.6 is 11.8 Å². The summed E-state index contributed by atoms with van der Waals surface area (Å²) in [5.41, 5.74) is 5.88. The van der Waals surface area contributed by atoms with Crippen molar-refractivity contribution >= 4 is 17.6 Å². The molecule has 1 aromatic rings. The van der Waals surface area contributed by atoms with Crippen molar-refractivity contribution in [3.05, 3.63) is 6.20 Å². The van der Waals surface area contributed by atoms with Gasteiger partial charge in [0.1, 0.15) is 5.82 Å². The van der Waals surface area contributed by atoms with Gasteiger partial charge in [-0.1, -0.05) is 13.8 Å². The number of aromatic nitrogens is 2. The van der Waals surface area contributed by atoms with E-state index in [1.54, 1.807) is 11.8 Å². The lowest BCUT2D eigenvalue weighted by Gasteiger charge is -2.06. The second-order valence-electron chi connectivity index (χ2n) is 3.50. The largest absolute Gasteiger partial charge is 0.383 e. The standard InChI is InChI=1S/C9H17N3S/c1-7(2)4-5-12-9(10)8(13-3)6-11-12/h6-7H,4-5,10H2,1-3H3. The van der Waals surface area contributed by atoms with Crippen LogP contribution in [0.15, 0.2) is 11.1 Å². The van der Waals surface area contributed by atoms with Crippen LogP contribution < -0.4 is 5.73 Å². The molecule has 0 unspecified atom stereocenters. The first-order valence-corrected chi connectivity index (χ1v) is 5.73. The maximum atomic E-state index is 5.88. The Hall–Kier alpha value is -0.640. The molecule has 0 bridgehead atoms. The van der Waals surface area contributed by atoms with Gasteiger partial charge in [0.25, 0.3) is 0 Å². The minimum Gasteiger partial charge on any atom is -0.383 e. The molecule has 0 aromatic carbocycles. The molecule has 0 saturated carbocycles. The molecule has 13 heavy (non-hydrogen) atoms. The zero-order valence-electron chi connectivity index (χ0n) is 8.45. The summed E-state index contributed by atoms with van der Waals surface area (Å²) in [5, 5.41) is 4.23. The molecular formula is C9H17N3S. The molecule has 0 aliphatic carbocycles. The zero-order chi connectivity index (χ0) is 9.84. The molecule has 0 atom stereocenters. The second kappa shape index (κ2) is 4.56. The van der Waals surface area contributed by atoms with Gasteiger partial charge in [0.05, 0.1) is 11.1 Å². The van der Waals surface area contributed by atoms with Crippen LogP contribution in [-0.4, -0.2) is 16.0 Å². The fourth-order valence-corrected chi connectivity index (χ4v) is 1.56. The van der Waals surface area contributed by atoms with Gasteiger partial charge in [0.2, 0.25) is 0 Å². The average Bonchev–Trinajstić information content (AvgIpc) is 2.43. The molecule has 1 rings (SSSR count). The van der Waals surface area contributed by atoms with Gasteiger partial charge in [-0.25, -0.2) is 4.68 Å². The van der Waals surface area contributed by atoms with Crippen molar-refractivity contribution in [2.75, 3.05) is 12.0 Å². The summed E-state index contributed by atoms with van der Waals surface area (Å²) < 4.78 is 1.88. The van der Waals surface area contributed by atoms with E-state index in [1.165, 1.54) is 0 Å². The highest BCUT2D eigenvalue weighted by molar-refractivity contribution is 7.98. The Morgan fingerprint density at radius 3 is 2.77 bits per heavy atom. The fraction of sp³-hybridized carbons (Fsp3) is 0.667. The van der Waals surface area contributed by atoms with E-state index in [2.05, 4.69) is 18.9 Å². The van der Waals surface area contributed by atoms with Crippen LogP contribution in [0.1, 0.15) is 20.3 Å². The number of thioether (sulfide) groups is 1. The van der Waals surface area contributed by atoms with E-state index in [0.29, 0.717) is 5.92 Å². The highest BCUT2D eigenvalue weighted by Gasteiger charge is 2.05. The van der Waals surface area contributed by atoms with E-state index in [9.17, 15) is 0 Å². The molecule has 0 aliphatic rings. The molecule has 0 radical (unpaired) electrons. The molecule has 1 heterocycles. The summed E-state index contributed by atoms with van der Waals surface area (Å²) in [6, 6.07) is 0. The predicted octanol–water partition coefficient (Wildman–Crippen LogP) is 2.23. The molecular weight excluding hydrogens is 182 g/mol. The minimum absolute atomic E-state index is 0.696. The van der Waals surface area contributed by atoms with Crippen molar-refractivity contribution in [2.24, 2.45) is 5.92 Å². The Labute approximate surface area is 83.7 Å². The molecule has 74 valence electrons. The van der Waals surface area contributed by atoms with Gasteiger partial charge in [0, 0.05) is 6.54 Å². The van der Waals surface area contributed by atoms with E-state index in [4.69, 9.17) is 5.73 Å². The van der Waals surface area contributed by atoms with Gasteiger partial charge < -0.3 is 5.73 Å². The van der Waals surface area contributed by atoms with Gasteiger partial charge in [0.15, 0.2) is 0 Å². The first-order valence-electron chi connectivity index (χ1n) is 4.50. The van der Waals surface area contributed by atoms with Gasteiger partial charge in [-0.2, -0.15) is 5.10 Å². The molecule has 3 nitrogen and oxygen atoms in total. The fourth-order valence-electron chi connectivity index (χ4n) is 1.09. The summed E-state index contributed by atoms with van der Waals surface area (Å²) in [5.74, 6) is 1.49. The molecule has 0 amide bonds. The van der Waals surface area contributed by atoms with Crippen LogP contribution in [0.3, 0.4) is 0 Å². The third-order valence-corrected chi connectivity index (χ3v) is 2.74. The van der Waals surface area contributed by atoms with E-state index >= 15 is 0 Å². The maximum Gasteiger partial charge on any atom is 0.135 e. The van der Waals surface area contributed by atoms with Crippen LogP contribution in [0.25, 0.3) is 0 Å². The highest BCUT2D eigenvalue weighted by Crippen LogP contribution is 2.22. The van der Waals surface area contributed by atoms with Crippen molar-refractivity contribution in [3.63, 3.8) is 0 Å². The molecule has 0 saturated heterocycles. The van der Waals surface area contributed by atoms with Crippen LogP contribution in [0.2, 0.25) is 0 Å². The molecule has 2 N–H and O–H groups in total. The molecule has 4 heteroatoms. The van der Waals surface area contributed by atoms with Crippen molar-refractivity contribution < 1.29 is 0 Å². The monoisotopic (exact) mass is 199 g/mol. The third kappa shape index (κ3) is 2.66. The van der Waals surface area contributed by atoms with E-state index in [1.807, 2.05) is 17.1 Å². The van der Waals surface area contributed by atoms with Crippen molar-refractivity contribution in [2.45, 2.75) is 31.7 Å². The number of hydrogen-bond acceptors (Lipinski definition) is 3. The number of rotatable bonds is 4. The quantitative estimate of drug-likeness (QED) is 0.756. The third-order valence-electron chi connectivity index (χ3n) is 1.98. The first kappa shape index (κ1) is 10.4. The van der Waals surface area contributed by atoms with Crippen LogP contribution in [-0.2, 0) is 6.54 Å². The second-order valence-corrected chi connectivity index (χ2v) is 4.35. The summed E-state index contributed by atoms with van der Waals surface area (Å²) in [4.78, 5) is 1.07. The summed E-state index contributed by atoms with van der Waals surface area (Å²) in [6.07, 6.45) is 4.97. The Morgan fingerprint density at radius 2 is 2.31 bits per heavy atom. The van der Waals surface area contributed by atoms with Crippen molar-refractivity contribution in [1.29, 1.82) is 0 Å². The predicted molar refractivity (Wildman–Crippen MR) is 57.9 cm³/mol. The zero-order valence-corrected chi connectivity index (χ0v) is 9.27. The van der Waals surface area contributed by atoms with E-state index in [-0.39, 0.29) is 0 Å². The maximum absolute atomic E-state index is 5.88. The van der Waals surface area contributed by atoms with Crippen molar-refractivity contribution in [3.8, 4) is 0 Å². The van der Waals surface area contributed by atoms with Gasteiger partial charge in [-0.05, 0) is 18.6 Å². The Kier molecular flexibility index (Phi) is 3.66. The minimum atomic E-state index is 0.696. The lowest BCUT2D eigenvalue weighted by Crippen LogP contribution is -2.06. The van der Waals surface area contributed by atoms with Crippen LogP contribution in [0, 0.1) is 5.92 Å². The molecule has 0 aliphatic heterocycles. The molecule has 0 spiro atoms. The summed E-state index contributed by atoms with van der Waals surface area (Å²) in [7, 11) is 0. The number of nitrogens with zero attached hydrogens (tertiary/aromatic N) is 2. The highest BCUT2D eigenvalue weighted by atomic mass is 32.2. The van der Waals surface area contributed by atoms with Crippen LogP contribution in [0.5, 0.6) is 0 Å². The summed E-state index contributed by atoms with van der Waals surface area (Å²) >= 11 is 1.64. The lowest BCUT2D eigenvalue weighted by atomic mass is 10.1. The van der Waals surface area contributed by atoms with Crippen LogP contribution in [0.4, 0.5) is 5.82 Å². The normalized spacial score (nSPS) is 11.1. The van der Waals surface area contributed by atoms with Gasteiger partial charge in [-0.15, -0.1) is 11.8 Å². The number of nitrogens with two attached hydrogens (primary N) is 1. The summed E-state index contributed by atoms with van der Waals surface area (Å²) in [6.45, 7) is 5.33. The Bertz CT molecular complexity index is 268.